The van der Waals surface area contributed by atoms with Gasteiger partial charge in [-0.15, -0.1) is 10.2 Å². The summed E-state index contributed by atoms with van der Waals surface area (Å²) < 4.78 is 5.59. The van der Waals surface area contributed by atoms with E-state index in [1.54, 1.807) is 31.5 Å². The van der Waals surface area contributed by atoms with Crippen LogP contribution in [0.1, 0.15) is 12.5 Å². The number of carbonyl (C=O) groups excluding carboxylic acids is 1. The van der Waals surface area contributed by atoms with Crippen LogP contribution in [0.3, 0.4) is 0 Å². The maximum atomic E-state index is 12.2. The van der Waals surface area contributed by atoms with E-state index >= 15 is 0 Å². The van der Waals surface area contributed by atoms with Crippen molar-refractivity contribution in [1.29, 1.82) is 0 Å². The second kappa shape index (κ2) is 7.74. The molecule has 2 heterocycles. The maximum Gasteiger partial charge on any atom is 0.277 e. The number of rotatable bonds is 6. The third kappa shape index (κ3) is 4.20. The minimum Gasteiger partial charge on any atom is -0.411 e. The summed E-state index contributed by atoms with van der Waals surface area (Å²) in [5.74, 6) is 0.337. The largest absolute Gasteiger partial charge is 0.411 e. The molecule has 0 aliphatic rings. The van der Waals surface area contributed by atoms with Crippen LogP contribution >= 0.6 is 11.8 Å². The maximum absolute atomic E-state index is 12.2. The molecule has 1 amide bonds. The average Bonchev–Trinajstić information content (AvgIpc) is 3.10. The molecule has 6 nitrogen and oxygen atoms in total. The molecule has 3 rings (SSSR count). The van der Waals surface area contributed by atoms with E-state index in [1.807, 2.05) is 30.3 Å². The van der Waals surface area contributed by atoms with Crippen LogP contribution in [0.25, 0.3) is 11.5 Å². The van der Waals surface area contributed by atoms with Crippen LogP contribution in [0.2, 0.25) is 0 Å². The van der Waals surface area contributed by atoms with Gasteiger partial charge < -0.3 is 9.73 Å². The molecule has 0 bridgehead atoms. The highest BCUT2D eigenvalue weighted by atomic mass is 32.2. The topological polar surface area (TPSA) is 80.9 Å². The van der Waals surface area contributed by atoms with Crippen LogP contribution in [-0.4, -0.2) is 26.3 Å². The SMILES string of the molecule is C[C@@H](Sc1nnc(-c2ccncc2)o1)C(=O)NCc1ccccc1. The zero-order valence-electron chi connectivity index (χ0n) is 13.0. The summed E-state index contributed by atoms with van der Waals surface area (Å²) in [6, 6.07) is 13.3. The van der Waals surface area contributed by atoms with Gasteiger partial charge in [0.2, 0.25) is 11.8 Å². The first-order valence-electron chi connectivity index (χ1n) is 7.44. The fraction of sp³-hybridized carbons (Fsp3) is 0.176. The Labute approximate surface area is 143 Å². The molecule has 0 aliphatic heterocycles. The normalized spacial score (nSPS) is 11.9. The van der Waals surface area contributed by atoms with Crippen molar-refractivity contribution in [3.63, 3.8) is 0 Å². The Morgan fingerprint density at radius 1 is 1.17 bits per heavy atom. The van der Waals surface area contributed by atoms with Gasteiger partial charge in [-0.25, -0.2) is 0 Å². The van der Waals surface area contributed by atoms with E-state index < -0.39 is 0 Å². The lowest BCUT2D eigenvalue weighted by molar-refractivity contribution is -0.120. The van der Waals surface area contributed by atoms with E-state index in [9.17, 15) is 4.79 Å². The zero-order valence-corrected chi connectivity index (χ0v) is 13.9. The van der Waals surface area contributed by atoms with Gasteiger partial charge in [-0.3, -0.25) is 9.78 Å². The molecule has 122 valence electrons. The number of hydrogen-bond donors (Lipinski definition) is 1. The molecule has 1 N–H and O–H groups in total. The number of nitrogens with zero attached hydrogens (tertiary/aromatic N) is 3. The molecule has 0 fully saturated rings. The van der Waals surface area contributed by atoms with Gasteiger partial charge in [0.25, 0.3) is 5.22 Å². The van der Waals surface area contributed by atoms with Crippen molar-refractivity contribution in [3.8, 4) is 11.5 Å². The molecule has 0 unspecified atom stereocenters. The second-order valence-corrected chi connectivity index (χ2v) is 6.36. The molecule has 3 aromatic rings. The Morgan fingerprint density at radius 3 is 2.67 bits per heavy atom. The molecule has 24 heavy (non-hydrogen) atoms. The highest BCUT2D eigenvalue weighted by Gasteiger charge is 2.18. The highest BCUT2D eigenvalue weighted by Crippen LogP contribution is 2.25. The minimum atomic E-state index is -0.334. The predicted octanol–water partition coefficient (Wildman–Crippen LogP) is 2.93. The average molecular weight is 340 g/mol. The number of nitrogens with one attached hydrogen (secondary N) is 1. The van der Waals surface area contributed by atoms with Crippen LogP contribution in [0.5, 0.6) is 0 Å². The van der Waals surface area contributed by atoms with Crippen molar-refractivity contribution < 1.29 is 9.21 Å². The van der Waals surface area contributed by atoms with Crippen molar-refractivity contribution in [2.45, 2.75) is 23.9 Å². The van der Waals surface area contributed by atoms with E-state index in [4.69, 9.17) is 4.42 Å². The minimum absolute atomic E-state index is 0.0764. The van der Waals surface area contributed by atoms with Crippen LogP contribution < -0.4 is 5.32 Å². The lowest BCUT2D eigenvalue weighted by Crippen LogP contribution is -2.30. The molecule has 0 aliphatic carbocycles. The number of thioether (sulfide) groups is 1. The van der Waals surface area contributed by atoms with Crippen molar-refractivity contribution in [2.75, 3.05) is 0 Å². The van der Waals surface area contributed by atoms with E-state index in [-0.39, 0.29) is 11.2 Å². The first-order valence-corrected chi connectivity index (χ1v) is 8.32. The van der Waals surface area contributed by atoms with Crippen LogP contribution in [0.15, 0.2) is 64.5 Å². The number of benzene rings is 1. The summed E-state index contributed by atoms with van der Waals surface area (Å²) in [4.78, 5) is 16.1. The van der Waals surface area contributed by atoms with Gasteiger partial charge >= 0.3 is 0 Å². The summed E-state index contributed by atoms with van der Waals surface area (Å²) in [6.45, 7) is 2.30. The predicted molar refractivity (Wildman–Crippen MR) is 91.1 cm³/mol. The van der Waals surface area contributed by atoms with E-state index in [0.29, 0.717) is 17.7 Å². The molecule has 0 saturated heterocycles. The Morgan fingerprint density at radius 2 is 1.92 bits per heavy atom. The molecule has 7 heteroatoms. The van der Waals surface area contributed by atoms with Crippen molar-refractivity contribution >= 4 is 17.7 Å². The van der Waals surface area contributed by atoms with Crippen LogP contribution in [0.4, 0.5) is 0 Å². The standard InChI is InChI=1S/C17H16N4O2S/c1-12(15(22)19-11-13-5-3-2-4-6-13)24-17-21-20-16(23-17)14-7-9-18-10-8-14/h2-10,12H,11H2,1H3,(H,19,22)/t12-/m1/s1. The number of carbonyl (C=O) groups is 1. The lowest BCUT2D eigenvalue weighted by atomic mass is 10.2. The van der Waals surface area contributed by atoms with E-state index in [2.05, 4.69) is 20.5 Å². The number of amides is 1. The fourth-order valence-electron chi connectivity index (χ4n) is 2.00. The highest BCUT2D eigenvalue weighted by molar-refractivity contribution is 8.00. The summed E-state index contributed by atoms with van der Waals surface area (Å²) in [7, 11) is 0. The van der Waals surface area contributed by atoms with Gasteiger partial charge in [0.05, 0.1) is 5.25 Å². The van der Waals surface area contributed by atoms with Gasteiger partial charge in [0, 0.05) is 24.5 Å². The van der Waals surface area contributed by atoms with Crippen molar-refractivity contribution in [1.82, 2.24) is 20.5 Å². The number of hydrogen-bond acceptors (Lipinski definition) is 6. The summed E-state index contributed by atoms with van der Waals surface area (Å²) >= 11 is 1.23. The van der Waals surface area contributed by atoms with Crippen molar-refractivity contribution in [2.24, 2.45) is 0 Å². The van der Waals surface area contributed by atoms with Crippen molar-refractivity contribution in [3.05, 3.63) is 60.4 Å². The summed E-state index contributed by atoms with van der Waals surface area (Å²) in [5, 5.41) is 10.9. The Kier molecular flexibility index (Phi) is 5.22. The molecule has 1 aromatic carbocycles. The Balaban J connectivity index is 1.55. The van der Waals surface area contributed by atoms with Gasteiger partial charge in [-0.2, -0.15) is 0 Å². The first-order chi connectivity index (χ1) is 11.7. The van der Waals surface area contributed by atoms with Gasteiger partial charge in [0.1, 0.15) is 0 Å². The summed E-state index contributed by atoms with van der Waals surface area (Å²) in [6.07, 6.45) is 3.32. The quantitative estimate of drug-likeness (QED) is 0.695. The number of pyridine rings is 1. The third-order valence-electron chi connectivity index (χ3n) is 3.29. The molecule has 2 aromatic heterocycles. The second-order valence-electron chi connectivity index (χ2n) is 5.07. The monoisotopic (exact) mass is 340 g/mol. The van der Waals surface area contributed by atoms with Crippen LogP contribution in [0, 0.1) is 0 Å². The Hall–Kier alpha value is -2.67. The number of aromatic nitrogens is 3. The zero-order chi connectivity index (χ0) is 16.8. The summed E-state index contributed by atoms with van der Waals surface area (Å²) in [5.41, 5.74) is 1.85. The van der Waals surface area contributed by atoms with Gasteiger partial charge in [-0.1, -0.05) is 42.1 Å². The van der Waals surface area contributed by atoms with Crippen LogP contribution in [-0.2, 0) is 11.3 Å². The molecule has 0 radical (unpaired) electrons. The van der Waals surface area contributed by atoms with E-state index in [0.717, 1.165) is 11.1 Å². The third-order valence-corrected chi connectivity index (χ3v) is 4.22. The molecule has 0 spiro atoms. The van der Waals surface area contributed by atoms with Gasteiger partial charge in [-0.05, 0) is 24.6 Å². The first kappa shape index (κ1) is 16.2. The van der Waals surface area contributed by atoms with Gasteiger partial charge in [0.15, 0.2) is 0 Å². The molecule has 0 saturated carbocycles. The fourth-order valence-corrected chi connectivity index (χ4v) is 2.71. The molecular formula is C17H16N4O2S. The smallest absolute Gasteiger partial charge is 0.277 e. The lowest BCUT2D eigenvalue weighted by Gasteiger charge is -2.09. The molecule has 1 atom stereocenters. The van der Waals surface area contributed by atoms with E-state index in [1.165, 1.54) is 11.8 Å². The Bertz CT molecular complexity index is 793. The molecular weight excluding hydrogens is 324 g/mol.